The van der Waals surface area contributed by atoms with Gasteiger partial charge in [-0.05, 0) is 18.9 Å². The number of imidazole rings is 1. The predicted molar refractivity (Wildman–Crippen MR) is 79.2 cm³/mol. The molecule has 2 rings (SSSR count). The minimum atomic E-state index is -3.72. The molecule has 21 heavy (non-hydrogen) atoms. The second-order valence-corrected chi connectivity index (χ2v) is 6.49. The van der Waals surface area contributed by atoms with E-state index in [-0.39, 0.29) is 11.6 Å². The average Bonchev–Trinajstić information content (AvgIpc) is 2.80. The van der Waals surface area contributed by atoms with Crippen molar-refractivity contribution < 1.29 is 13.5 Å². The molecule has 0 aliphatic heterocycles. The van der Waals surface area contributed by atoms with E-state index in [1.54, 1.807) is 18.5 Å². The number of aromatic nitrogens is 2. The number of nitrogens with one attached hydrogen (secondary N) is 1. The minimum Gasteiger partial charge on any atom is -0.396 e. The smallest absolute Gasteiger partial charge is 0.260 e. The quantitative estimate of drug-likeness (QED) is 0.838. The van der Waals surface area contributed by atoms with Crippen molar-refractivity contribution in [1.29, 1.82) is 0 Å². The molecule has 2 aromatic rings. The first-order valence-electron chi connectivity index (χ1n) is 6.62. The molecule has 114 valence electrons. The van der Waals surface area contributed by atoms with Gasteiger partial charge in [-0.2, -0.15) is 0 Å². The van der Waals surface area contributed by atoms with Crippen LogP contribution < -0.4 is 4.72 Å². The number of hydrogen-bond acceptors (Lipinski definition) is 4. The van der Waals surface area contributed by atoms with Crippen LogP contribution in [-0.2, 0) is 17.1 Å². The first-order chi connectivity index (χ1) is 9.94. The molecule has 0 bridgehead atoms. The standard InChI is InChI=1S/C14H19N3O3S/c1-11-15-14(10-17(11)2)21(19,20)16-13(8-9-18)12-6-4-3-5-7-12/h3-7,10,13,16,18H,8-9H2,1-2H3/t13-/m1/s1. The largest absolute Gasteiger partial charge is 0.396 e. The van der Waals surface area contributed by atoms with E-state index >= 15 is 0 Å². The predicted octanol–water partition coefficient (Wildman–Crippen LogP) is 1.13. The molecule has 0 unspecified atom stereocenters. The molecule has 0 amide bonds. The number of aryl methyl sites for hydroxylation is 2. The van der Waals surface area contributed by atoms with Gasteiger partial charge in [-0.3, -0.25) is 0 Å². The third-order valence-corrected chi connectivity index (χ3v) is 4.62. The summed E-state index contributed by atoms with van der Waals surface area (Å²) in [6.07, 6.45) is 1.77. The molecule has 1 heterocycles. The normalized spacial score (nSPS) is 13.3. The van der Waals surface area contributed by atoms with E-state index in [4.69, 9.17) is 5.11 Å². The van der Waals surface area contributed by atoms with E-state index in [0.29, 0.717) is 12.2 Å². The van der Waals surface area contributed by atoms with E-state index < -0.39 is 16.1 Å². The van der Waals surface area contributed by atoms with E-state index in [9.17, 15) is 8.42 Å². The van der Waals surface area contributed by atoms with Crippen LogP contribution in [0, 0.1) is 6.92 Å². The Hall–Kier alpha value is -1.70. The first-order valence-corrected chi connectivity index (χ1v) is 8.10. The fourth-order valence-electron chi connectivity index (χ4n) is 2.01. The lowest BCUT2D eigenvalue weighted by Crippen LogP contribution is -2.29. The lowest BCUT2D eigenvalue weighted by Gasteiger charge is -2.17. The SMILES string of the molecule is Cc1nc(S(=O)(=O)N[C@H](CCO)c2ccccc2)cn1C. The summed E-state index contributed by atoms with van der Waals surface area (Å²) in [7, 11) is -1.98. The monoisotopic (exact) mass is 309 g/mol. The van der Waals surface area contributed by atoms with Crippen molar-refractivity contribution in [3.63, 3.8) is 0 Å². The summed E-state index contributed by atoms with van der Waals surface area (Å²) in [5.74, 6) is 0.619. The Kier molecular flexibility index (Phi) is 4.76. The molecule has 0 saturated heterocycles. The highest BCUT2D eigenvalue weighted by molar-refractivity contribution is 7.89. The summed E-state index contributed by atoms with van der Waals surface area (Å²) in [6.45, 7) is 1.63. The van der Waals surface area contributed by atoms with Gasteiger partial charge in [0.1, 0.15) is 5.82 Å². The number of aliphatic hydroxyl groups excluding tert-OH is 1. The van der Waals surface area contributed by atoms with Crippen LogP contribution in [0.25, 0.3) is 0 Å². The van der Waals surface area contributed by atoms with Gasteiger partial charge < -0.3 is 9.67 Å². The van der Waals surface area contributed by atoms with Crippen LogP contribution in [-0.4, -0.2) is 29.7 Å². The molecule has 0 saturated carbocycles. The maximum Gasteiger partial charge on any atom is 0.260 e. The van der Waals surface area contributed by atoms with Crippen molar-refractivity contribution in [2.45, 2.75) is 24.4 Å². The molecule has 2 N–H and O–H groups in total. The van der Waals surface area contributed by atoms with Crippen LogP contribution in [0.2, 0.25) is 0 Å². The Bertz CT molecular complexity index is 676. The summed E-state index contributed by atoms with van der Waals surface area (Å²) in [5.41, 5.74) is 0.808. The molecular formula is C14H19N3O3S. The number of benzene rings is 1. The van der Waals surface area contributed by atoms with Crippen molar-refractivity contribution in [3.8, 4) is 0 Å². The molecule has 0 aliphatic rings. The molecule has 1 aromatic heterocycles. The zero-order valence-electron chi connectivity index (χ0n) is 12.0. The average molecular weight is 309 g/mol. The van der Waals surface area contributed by atoms with Crippen molar-refractivity contribution in [3.05, 3.63) is 47.9 Å². The number of nitrogens with zero attached hydrogens (tertiary/aromatic N) is 2. The van der Waals surface area contributed by atoms with Crippen LogP contribution in [0.1, 0.15) is 23.9 Å². The van der Waals surface area contributed by atoms with Crippen LogP contribution in [0.15, 0.2) is 41.6 Å². The number of sulfonamides is 1. The van der Waals surface area contributed by atoms with Crippen LogP contribution in [0.3, 0.4) is 0 Å². The van der Waals surface area contributed by atoms with Gasteiger partial charge in [0, 0.05) is 25.9 Å². The van der Waals surface area contributed by atoms with Crippen molar-refractivity contribution >= 4 is 10.0 Å². The zero-order valence-corrected chi connectivity index (χ0v) is 12.8. The number of rotatable bonds is 6. The second kappa shape index (κ2) is 6.38. The van der Waals surface area contributed by atoms with Gasteiger partial charge in [0.15, 0.2) is 5.03 Å². The second-order valence-electron chi connectivity index (χ2n) is 4.83. The first kappa shape index (κ1) is 15.7. The van der Waals surface area contributed by atoms with Crippen molar-refractivity contribution in [1.82, 2.24) is 14.3 Å². The van der Waals surface area contributed by atoms with Crippen molar-refractivity contribution in [2.75, 3.05) is 6.61 Å². The molecular weight excluding hydrogens is 290 g/mol. The summed E-state index contributed by atoms with van der Waals surface area (Å²) < 4.78 is 29.0. The number of hydrogen-bond donors (Lipinski definition) is 2. The highest BCUT2D eigenvalue weighted by atomic mass is 32.2. The van der Waals surface area contributed by atoms with Gasteiger partial charge in [-0.15, -0.1) is 0 Å². The maximum atomic E-state index is 12.4. The third kappa shape index (κ3) is 3.69. The summed E-state index contributed by atoms with van der Waals surface area (Å²) in [6, 6.07) is 8.69. The van der Waals surface area contributed by atoms with Gasteiger partial charge in [-0.25, -0.2) is 18.1 Å². The van der Waals surface area contributed by atoms with E-state index in [0.717, 1.165) is 5.56 Å². The van der Waals surface area contributed by atoms with Crippen LogP contribution >= 0.6 is 0 Å². The fourth-order valence-corrected chi connectivity index (χ4v) is 3.31. The Morgan fingerprint density at radius 1 is 1.33 bits per heavy atom. The Morgan fingerprint density at radius 2 is 2.00 bits per heavy atom. The molecule has 6 nitrogen and oxygen atoms in total. The summed E-state index contributed by atoms with van der Waals surface area (Å²) in [4.78, 5) is 4.04. The van der Waals surface area contributed by atoms with E-state index in [1.165, 1.54) is 6.20 Å². The summed E-state index contributed by atoms with van der Waals surface area (Å²) in [5, 5.41) is 9.15. The van der Waals surface area contributed by atoms with Crippen LogP contribution in [0.5, 0.6) is 0 Å². The Labute approximate surface area is 124 Å². The van der Waals surface area contributed by atoms with Gasteiger partial charge in [0.05, 0.1) is 0 Å². The Balaban J connectivity index is 2.27. The van der Waals surface area contributed by atoms with Gasteiger partial charge in [-0.1, -0.05) is 30.3 Å². The van der Waals surface area contributed by atoms with Gasteiger partial charge >= 0.3 is 0 Å². The molecule has 1 atom stereocenters. The molecule has 0 aliphatic carbocycles. The minimum absolute atomic E-state index is 0.0126. The fraction of sp³-hybridized carbons (Fsp3) is 0.357. The molecule has 0 radical (unpaired) electrons. The third-order valence-electron chi connectivity index (χ3n) is 3.28. The van der Waals surface area contributed by atoms with Crippen molar-refractivity contribution in [2.24, 2.45) is 7.05 Å². The molecule has 0 spiro atoms. The molecule has 0 fully saturated rings. The Morgan fingerprint density at radius 3 is 2.52 bits per heavy atom. The lowest BCUT2D eigenvalue weighted by atomic mass is 10.1. The highest BCUT2D eigenvalue weighted by Gasteiger charge is 2.23. The van der Waals surface area contributed by atoms with Gasteiger partial charge in [0.2, 0.25) is 0 Å². The number of aliphatic hydroxyl groups is 1. The summed E-state index contributed by atoms with van der Waals surface area (Å²) >= 11 is 0. The maximum absolute atomic E-state index is 12.4. The van der Waals surface area contributed by atoms with E-state index in [2.05, 4.69) is 9.71 Å². The van der Waals surface area contributed by atoms with Gasteiger partial charge in [0.25, 0.3) is 10.0 Å². The topological polar surface area (TPSA) is 84.2 Å². The highest BCUT2D eigenvalue weighted by Crippen LogP contribution is 2.19. The lowest BCUT2D eigenvalue weighted by molar-refractivity contribution is 0.272. The molecule has 7 heteroatoms. The van der Waals surface area contributed by atoms with Crippen LogP contribution in [0.4, 0.5) is 0 Å². The zero-order chi connectivity index (χ0) is 15.5. The molecule has 1 aromatic carbocycles. The van der Waals surface area contributed by atoms with E-state index in [1.807, 2.05) is 30.3 Å².